The molecule has 0 N–H and O–H groups in total. The molecule has 0 unspecified atom stereocenters. The van der Waals surface area contributed by atoms with Crippen LogP contribution in [0.5, 0.6) is 0 Å². The molecule has 0 aliphatic heterocycles. The van der Waals surface area contributed by atoms with Gasteiger partial charge >= 0.3 is 0 Å². The van der Waals surface area contributed by atoms with Gasteiger partial charge in [0.05, 0.1) is 4.86 Å². The SMILES string of the molecule is O=S(=O)=C1CC=CC=C1S(=O)(=O)Cl. The first kappa shape index (κ1) is 10.5. The molecule has 0 aromatic heterocycles. The average Bonchev–Trinajstić information content (AvgIpc) is 2.03. The van der Waals surface area contributed by atoms with E-state index in [1.54, 1.807) is 0 Å². The van der Waals surface area contributed by atoms with Gasteiger partial charge in [0.1, 0.15) is 4.91 Å². The Bertz CT molecular complexity index is 499. The fourth-order valence-corrected chi connectivity index (χ4v) is 3.06. The van der Waals surface area contributed by atoms with Gasteiger partial charge < -0.3 is 0 Å². The van der Waals surface area contributed by atoms with E-state index < -0.39 is 19.3 Å². The van der Waals surface area contributed by atoms with Gasteiger partial charge in [0, 0.05) is 17.1 Å². The van der Waals surface area contributed by atoms with Crippen LogP contribution in [0.4, 0.5) is 0 Å². The zero-order chi connectivity index (χ0) is 10.1. The zero-order valence-corrected chi connectivity index (χ0v) is 8.66. The number of halogens is 1. The normalized spacial score (nSPS) is 17.0. The van der Waals surface area contributed by atoms with Gasteiger partial charge in [-0.15, -0.1) is 0 Å². The van der Waals surface area contributed by atoms with E-state index in [0.29, 0.717) is 0 Å². The molecule has 0 bridgehead atoms. The van der Waals surface area contributed by atoms with Crippen LogP contribution in [0.15, 0.2) is 23.1 Å². The van der Waals surface area contributed by atoms with Crippen LogP contribution < -0.4 is 0 Å². The van der Waals surface area contributed by atoms with Crippen LogP contribution in [-0.2, 0) is 19.3 Å². The van der Waals surface area contributed by atoms with Crippen molar-refractivity contribution in [2.75, 3.05) is 0 Å². The third-order valence-electron chi connectivity index (χ3n) is 1.43. The molecular formula is C6H5ClO4S2. The van der Waals surface area contributed by atoms with Crippen LogP contribution in [0.2, 0.25) is 0 Å². The molecule has 0 heterocycles. The maximum atomic E-state index is 10.9. The molecule has 7 heteroatoms. The number of hydrogen-bond acceptors (Lipinski definition) is 4. The van der Waals surface area contributed by atoms with Gasteiger partial charge in [-0.05, 0) is 6.08 Å². The molecule has 0 atom stereocenters. The van der Waals surface area contributed by atoms with Crippen molar-refractivity contribution in [2.24, 2.45) is 0 Å². The lowest BCUT2D eigenvalue weighted by molar-refractivity contribution is 0.615. The second-order valence-electron chi connectivity index (χ2n) is 2.26. The maximum Gasteiger partial charge on any atom is 0.262 e. The second kappa shape index (κ2) is 3.65. The highest BCUT2D eigenvalue weighted by Gasteiger charge is 2.21. The summed E-state index contributed by atoms with van der Waals surface area (Å²) < 4.78 is 42.9. The van der Waals surface area contributed by atoms with E-state index >= 15 is 0 Å². The van der Waals surface area contributed by atoms with Gasteiger partial charge in [-0.1, -0.05) is 12.2 Å². The Hall–Kier alpha value is -0.590. The van der Waals surface area contributed by atoms with Crippen LogP contribution in [0.1, 0.15) is 6.42 Å². The van der Waals surface area contributed by atoms with Crippen molar-refractivity contribution in [1.29, 1.82) is 0 Å². The molecule has 0 spiro atoms. The summed E-state index contributed by atoms with van der Waals surface area (Å²) in [5, 5.41) is 0. The molecule has 1 rings (SSSR count). The Morgan fingerprint density at radius 2 is 2.00 bits per heavy atom. The topological polar surface area (TPSA) is 68.3 Å². The summed E-state index contributed by atoms with van der Waals surface area (Å²) in [7, 11) is -1.49. The largest absolute Gasteiger partial charge is 0.262 e. The first-order chi connectivity index (χ1) is 5.93. The predicted octanol–water partition coefficient (Wildman–Crippen LogP) is 0.450. The average molecular weight is 241 g/mol. The summed E-state index contributed by atoms with van der Waals surface area (Å²) in [4.78, 5) is -0.539. The highest BCUT2D eigenvalue weighted by molar-refractivity contribution is 8.18. The molecule has 0 fully saturated rings. The minimum absolute atomic E-state index is 0.0634. The minimum atomic E-state index is -3.97. The molecule has 72 valence electrons. The summed E-state index contributed by atoms with van der Waals surface area (Å²) in [5.74, 6) is 0. The lowest BCUT2D eigenvalue weighted by atomic mass is 10.2. The van der Waals surface area contributed by atoms with Gasteiger partial charge in [0.15, 0.2) is 0 Å². The van der Waals surface area contributed by atoms with Crippen molar-refractivity contribution in [3.63, 3.8) is 0 Å². The van der Waals surface area contributed by atoms with Crippen molar-refractivity contribution < 1.29 is 16.8 Å². The first-order valence-corrected chi connectivity index (χ1v) is 6.58. The molecule has 0 saturated heterocycles. The predicted molar refractivity (Wildman–Crippen MR) is 50.5 cm³/mol. The zero-order valence-electron chi connectivity index (χ0n) is 6.27. The van der Waals surface area contributed by atoms with Crippen molar-refractivity contribution in [2.45, 2.75) is 6.42 Å². The van der Waals surface area contributed by atoms with Gasteiger partial charge in [0.25, 0.3) is 9.05 Å². The van der Waals surface area contributed by atoms with Gasteiger partial charge in [-0.25, -0.2) is 8.42 Å². The maximum absolute atomic E-state index is 10.9. The highest BCUT2D eigenvalue weighted by atomic mass is 35.7. The number of allylic oxidation sites excluding steroid dienone is 4. The third kappa shape index (κ3) is 2.43. The summed E-state index contributed by atoms with van der Waals surface area (Å²) >= 11 is 0. The first-order valence-electron chi connectivity index (χ1n) is 3.20. The van der Waals surface area contributed by atoms with Gasteiger partial charge in [-0.3, -0.25) is 0 Å². The second-order valence-corrected chi connectivity index (χ2v) is 5.76. The fraction of sp³-hybridized carbons (Fsp3) is 0.167. The number of rotatable bonds is 1. The minimum Gasteiger partial charge on any atom is -0.207 e. The molecule has 1 aliphatic rings. The van der Waals surface area contributed by atoms with Crippen LogP contribution in [0.3, 0.4) is 0 Å². The van der Waals surface area contributed by atoms with E-state index in [1.165, 1.54) is 12.2 Å². The van der Waals surface area contributed by atoms with E-state index in [2.05, 4.69) is 0 Å². The summed E-state index contributed by atoms with van der Waals surface area (Å²) in [6.45, 7) is 0. The molecule has 0 radical (unpaired) electrons. The molecule has 0 aromatic rings. The summed E-state index contributed by atoms with van der Waals surface area (Å²) in [5.41, 5.74) is 0. The Morgan fingerprint density at radius 1 is 1.38 bits per heavy atom. The van der Waals surface area contributed by atoms with Crippen molar-refractivity contribution in [1.82, 2.24) is 0 Å². The Kier molecular flexibility index (Phi) is 2.94. The molecule has 0 aromatic carbocycles. The monoisotopic (exact) mass is 240 g/mol. The molecule has 0 saturated carbocycles. The van der Waals surface area contributed by atoms with Gasteiger partial charge in [0.2, 0.25) is 10.3 Å². The summed E-state index contributed by atoms with van der Waals surface area (Å²) in [6.07, 6.45) is 4.22. The van der Waals surface area contributed by atoms with Crippen molar-refractivity contribution >= 4 is 34.9 Å². The Balaban J connectivity index is 3.46. The van der Waals surface area contributed by atoms with Crippen LogP contribution in [-0.4, -0.2) is 21.7 Å². The molecular weight excluding hydrogens is 236 g/mol. The summed E-state index contributed by atoms with van der Waals surface area (Å²) in [6, 6.07) is 0. The molecule has 4 nitrogen and oxygen atoms in total. The van der Waals surface area contributed by atoms with E-state index in [-0.39, 0.29) is 16.2 Å². The third-order valence-corrected chi connectivity index (χ3v) is 3.75. The van der Waals surface area contributed by atoms with Crippen LogP contribution in [0.25, 0.3) is 0 Å². The van der Waals surface area contributed by atoms with Crippen molar-refractivity contribution in [3.05, 3.63) is 23.1 Å². The molecule has 0 amide bonds. The lowest BCUT2D eigenvalue weighted by Gasteiger charge is -2.04. The standard InChI is InChI=1S/C6H5ClO4S2/c7-13(10,11)6-4-2-1-3-5(6)12(8)9/h1-2,4H,3H2. The number of hydrogen-bond donors (Lipinski definition) is 0. The smallest absolute Gasteiger partial charge is 0.207 e. The van der Waals surface area contributed by atoms with E-state index in [0.717, 1.165) is 6.08 Å². The van der Waals surface area contributed by atoms with E-state index in [4.69, 9.17) is 10.7 Å². The fourth-order valence-electron chi connectivity index (χ4n) is 0.891. The van der Waals surface area contributed by atoms with Crippen molar-refractivity contribution in [3.8, 4) is 0 Å². The van der Waals surface area contributed by atoms with Gasteiger partial charge in [-0.2, -0.15) is 8.42 Å². The highest BCUT2D eigenvalue weighted by Crippen LogP contribution is 2.18. The molecule has 13 heavy (non-hydrogen) atoms. The van der Waals surface area contributed by atoms with E-state index in [1.807, 2.05) is 0 Å². The Morgan fingerprint density at radius 3 is 2.38 bits per heavy atom. The lowest BCUT2D eigenvalue weighted by Crippen LogP contribution is -2.11. The quantitative estimate of drug-likeness (QED) is 0.493. The molecule has 1 aliphatic carbocycles. The van der Waals surface area contributed by atoms with E-state index in [9.17, 15) is 16.8 Å². The Labute approximate surface area is 81.5 Å². The van der Waals surface area contributed by atoms with Crippen LogP contribution in [0, 0.1) is 0 Å². The van der Waals surface area contributed by atoms with Crippen LogP contribution >= 0.6 is 10.7 Å².